The SMILES string of the molecule is C[C@@H](c1ccccc1)C1(N)N=CN=C2N=CN=C21. The number of amidine groups is 1. The lowest BCUT2D eigenvalue weighted by Crippen LogP contribution is -2.54. The van der Waals surface area contributed by atoms with E-state index in [2.05, 4.69) is 20.0 Å². The van der Waals surface area contributed by atoms with Crippen LogP contribution in [-0.4, -0.2) is 29.9 Å². The van der Waals surface area contributed by atoms with E-state index in [1.807, 2.05) is 37.3 Å². The zero-order chi connectivity index (χ0) is 12.6. The molecule has 1 aromatic rings. The van der Waals surface area contributed by atoms with Crippen molar-refractivity contribution in [2.45, 2.75) is 18.5 Å². The lowest BCUT2D eigenvalue weighted by atomic mass is 9.84. The highest BCUT2D eigenvalue weighted by atomic mass is 15.2. The summed E-state index contributed by atoms with van der Waals surface area (Å²) in [5.41, 5.74) is 7.30. The molecule has 2 heterocycles. The van der Waals surface area contributed by atoms with Gasteiger partial charge in [-0.05, 0) is 5.56 Å². The predicted octanol–water partition coefficient (Wildman–Crippen LogP) is 1.37. The number of hydrogen-bond donors (Lipinski definition) is 1. The molecule has 0 aromatic heterocycles. The smallest absolute Gasteiger partial charge is 0.180 e. The van der Waals surface area contributed by atoms with E-state index in [9.17, 15) is 0 Å². The Balaban J connectivity index is 2.02. The van der Waals surface area contributed by atoms with Crippen LogP contribution in [0.15, 0.2) is 50.3 Å². The van der Waals surface area contributed by atoms with E-state index in [1.54, 1.807) is 0 Å². The summed E-state index contributed by atoms with van der Waals surface area (Å²) in [7, 11) is 0. The van der Waals surface area contributed by atoms with Gasteiger partial charge in [0.15, 0.2) is 11.5 Å². The Labute approximate surface area is 105 Å². The minimum absolute atomic E-state index is 0.000833. The van der Waals surface area contributed by atoms with Gasteiger partial charge in [0.1, 0.15) is 18.4 Å². The molecular weight excluding hydrogens is 226 g/mol. The quantitative estimate of drug-likeness (QED) is 0.831. The molecule has 2 aliphatic heterocycles. The van der Waals surface area contributed by atoms with Gasteiger partial charge in [0.05, 0.1) is 0 Å². The summed E-state index contributed by atoms with van der Waals surface area (Å²) in [6, 6.07) is 10.0. The Bertz CT molecular complexity index is 585. The lowest BCUT2D eigenvalue weighted by molar-refractivity contribution is 0.503. The number of benzene rings is 1. The number of rotatable bonds is 2. The zero-order valence-corrected chi connectivity index (χ0v) is 9.99. The van der Waals surface area contributed by atoms with Gasteiger partial charge in [0.2, 0.25) is 0 Å². The molecule has 0 saturated carbocycles. The average molecular weight is 239 g/mol. The van der Waals surface area contributed by atoms with E-state index in [4.69, 9.17) is 5.73 Å². The Morgan fingerprint density at radius 2 is 1.89 bits per heavy atom. The number of nitrogens with zero attached hydrogens (tertiary/aromatic N) is 4. The number of fused-ring (bicyclic) bond motifs is 1. The highest BCUT2D eigenvalue weighted by Gasteiger charge is 2.42. The van der Waals surface area contributed by atoms with Gasteiger partial charge in [0.25, 0.3) is 0 Å². The monoisotopic (exact) mass is 239 g/mol. The zero-order valence-electron chi connectivity index (χ0n) is 9.99. The van der Waals surface area contributed by atoms with Crippen LogP contribution in [0.3, 0.4) is 0 Å². The molecule has 2 N–H and O–H groups in total. The van der Waals surface area contributed by atoms with E-state index in [-0.39, 0.29) is 5.92 Å². The Morgan fingerprint density at radius 1 is 1.11 bits per heavy atom. The third-order valence-electron chi connectivity index (χ3n) is 3.37. The summed E-state index contributed by atoms with van der Waals surface area (Å²) in [6.45, 7) is 2.04. The molecule has 0 saturated heterocycles. The first-order valence-corrected chi connectivity index (χ1v) is 5.78. The first-order chi connectivity index (χ1) is 8.72. The second-order valence-corrected chi connectivity index (χ2v) is 4.38. The Hall–Kier alpha value is -2.14. The van der Waals surface area contributed by atoms with Crippen LogP contribution < -0.4 is 5.73 Å². The third kappa shape index (κ3) is 1.52. The molecule has 1 unspecified atom stereocenters. The van der Waals surface area contributed by atoms with Gasteiger partial charge in [-0.2, -0.15) is 0 Å². The minimum Gasteiger partial charge on any atom is -0.301 e. The highest BCUT2D eigenvalue weighted by molar-refractivity contribution is 6.50. The number of hydrogen-bond acceptors (Lipinski definition) is 5. The fourth-order valence-electron chi connectivity index (χ4n) is 2.19. The molecule has 18 heavy (non-hydrogen) atoms. The van der Waals surface area contributed by atoms with Crippen molar-refractivity contribution in [3.63, 3.8) is 0 Å². The van der Waals surface area contributed by atoms with E-state index in [0.717, 1.165) is 5.56 Å². The normalized spacial score (nSPS) is 26.6. The van der Waals surface area contributed by atoms with Crippen LogP contribution in [0.5, 0.6) is 0 Å². The fourth-order valence-corrected chi connectivity index (χ4v) is 2.19. The van der Waals surface area contributed by atoms with Gasteiger partial charge in [-0.1, -0.05) is 37.3 Å². The van der Waals surface area contributed by atoms with Crippen LogP contribution >= 0.6 is 0 Å². The van der Waals surface area contributed by atoms with E-state index in [1.165, 1.54) is 12.7 Å². The number of aliphatic imine (C=N–C) groups is 4. The maximum atomic E-state index is 6.43. The summed E-state index contributed by atoms with van der Waals surface area (Å²) in [5, 5.41) is 0. The third-order valence-corrected chi connectivity index (χ3v) is 3.37. The van der Waals surface area contributed by atoms with Crippen LogP contribution in [0.2, 0.25) is 0 Å². The fraction of sp³-hybridized carbons (Fsp3) is 0.231. The minimum atomic E-state index is -0.894. The van der Waals surface area contributed by atoms with E-state index in [0.29, 0.717) is 11.5 Å². The van der Waals surface area contributed by atoms with Crippen LogP contribution in [0.4, 0.5) is 0 Å². The van der Waals surface area contributed by atoms with Crippen molar-refractivity contribution in [3.8, 4) is 0 Å². The molecule has 0 radical (unpaired) electrons. The molecule has 5 heteroatoms. The predicted molar refractivity (Wildman–Crippen MR) is 73.6 cm³/mol. The molecule has 2 atom stereocenters. The largest absolute Gasteiger partial charge is 0.301 e. The topological polar surface area (TPSA) is 75.5 Å². The van der Waals surface area contributed by atoms with E-state index >= 15 is 0 Å². The van der Waals surface area contributed by atoms with Crippen molar-refractivity contribution < 1.29 is 0 Å². The first kappa shape index (κ1) is 11.0. The summed E-state index contributed by atoms with van der Waals surface area (Å²) < 4.78 is 0. The van der Waals surface area contributed by atoms with Gasteiger partial charge in [-0.15, -0.1) is 0 Å². The summed E-state index contributed by atoms with van der Waals surface area (Å²) >= 11 is 0. The van der Waals surface area contributed by atoms with Crippen molar-refractivity contribution in [2.24, 2.45) is 25.7 Å². The standard InChI is InChI=1S/C13H13N5/c1-9(10-5-3-2-4-6-10)13(14)11-12(16-7-15-11)17-8-18-13/h2-9H,14H2,1H3/t9-,13?/m0/s1. The molecular formula is C13H13N5. The maximum absolute atomic E-state index is 6.43. The molecule has 0 spiro atoms. The molecule has 5 nitrogen and oxygen atoms in total. The van der Waals surface area contributed by atoms with Crippen molar-refractivity contribution in [1.29, 1.82) is 0 Å². The van der Waals surface area contributed by atoms with Gasteiger partial charge in [0, 0.05) is 5.92 Å². The van der Waals surface area contributed by atoms with Crippen LogP contribution in [0.1, 0.15) is 18.4 Å². The van der Waals surface area contributed by atoms with Crippen molar-refractivity contribution in [1.82, 2.24) is 0 Å². The summed E-state index contributed by atoms with van der Waals surface area (Å²) in [4.78, 5) is 16.7. The second-order valence-electron chi connectivity index (χ2n) is 4.38. The van der Waals surface area contributed by atoms with E-state index < -0.39 is 5.66 Å². The molecule has 3 rings (SSSR count). The van der Waals surface area contributed by atoms with Gasteiger partial charge >= 0.3 is 0 Å². The van der Waals surface area contributed by atoms with Crippen LogP contribution in [-0.2, 0) is 0 Å². The summed E-state index contributed by atoms with van der Waals surface area (Å²) in [6.07, 6.45) is 2.94. The van der Waals surface area contributed by atoms with Crippen molar-refractivity contribution >= 4 is 24.2 Å². The Kier molecular flexibility index (Phi) is 2.41. The van der Waals surface area contributed by atoms with Gasteiger partial charge < -0.3 is 5.73 Å². The molecule has 0 bridgehead atoms. The van der Waals surface area contributed by atoms with Crippen LogP contribution in [0.25, 0.3) is 0 Å². The highest BCUT2D eigenvalue weighted by Crippen LogP contribution is 2.31. The van der Waals surface area contributed by atoms with Crippen molar-refractivity contribution in [2.75, 3.05) is 0 Å². The molecule has 2 aliphatic rings. The van der Waals surface area contributed by atoms with Crippen molar-refractivity contribution in [3.05, 3.63) is 35.9 Å². The average Bonchev–Trinajstić information content (AvgIpc) is 2.89. The van der Waals surface area contributed by atoms with Gasteiger partial charge in [-0.25, -0.2) is 20.0 Å². The maximum Gasteiger partial charge on any atom is 0.180 e. The van der Waals surface area contributed by atoms with Gasteiger partial charge in [-0.3, -0.25) is 0 Å². The molecule has 0 aliphatic carbocycles. The molecule has 1 aromatic carbocycles. The first-order valence-electron chi connectivity index (χ1n) is 5.78. The molecule has 0 fully saturated rings. The lowest BCUT2D eigenvalue weighted by Gasteiger charge is -2.32. The summed E-state index contributed by atoms with van der Waals surface area (Å²) in [5.74, 6) is 0.566. The van der Waals surface area contributed by atoms with Crippen LogP contribution in [0, 0.1) is 0 Å². The second kappa shape index (κ2) is 3.96. The molecule has 90 valence electrons. The molecule has 0 amide bonds. The number of nitrogens with two attached hydrogens (primary N) is 1. The Morgan fingerprint density at radius 3 is 2.67 bits per heavy atom.